The van der Waals surface area contributed by atoms with E-state index in [9.17, 15) is 22.0 Å². The summed E-state index contributed by atoms with van der Waals surface area (Å²) in [6, 6.07) is 17.7. The second-order valence-electron chi connectivity index (χ2n) is 9.35. The van der Waals surface area contributed by atoms with Gasteiger partial charge < -0.3 is 19.9 Å². The number of nitrogens with one attached hydrogen (secondary N) is 1. The Balaban J connectivity index is 1.61. The van der Waals surface area contributed by atoms with Crippen LogP contribution in [0.15, 0.2) is 82.7 Å². The maximum atomic E-state index is 14.2. The molecule has 0 bridgehead atoms. The first-order valence-corrected chi connectivity index (χ1v) is 14.4. The molecule has 0 saturated carbocycles. The van der Waals surface area contributed by atoms with Gasteiger partial charge in [-0.3, -0.25) is 4.79 Å². The topological polar surface area (TPSA) is 114 Å². The number of aliphatic hydroxyl groups excluding tert-OH is 1. The molecule has 8 nitrogen and oxygen atoms in total. The lowest BCUT2D eigenvalue weighted by Crippen LogP contribution is -2.51. The fraction of sp³-hybridized carbons (Fsp3) is 0.310. The third-order valence-electron chi connectivity index (χ3n) is 6.64. The molecular formula is C29H30F2N2O6S. The second-order valence-corrected chi connectivity index (χ2v) is 11.5. The fourth-order valence-corrected chi connectivity index (χ4v) is 5.67. The van der Waals surface area contributed by atoms with E-state index in [2.05, 4.69) is 10.3 Å². The van der Waals surface area contributed by atoms with Gasteiger partial charge in [-0.05, 0) is 55.8 Å². The lowest BCUT2D eigenvalue weighted by Gasteiger charge is -2.28. The highest BCUT2D eigenvalue weighted by molar-refractivity contribution is 7.91. The highest BCUT2D eigenvalue weighted by atomic mass is 32.2. The van der Waals surface area contributed by atoms with Crippen molar-refractivity contribution < 1.29 is 36.6 Å². The zero-order valence-corrected chi connectivity index (χ0v) is 22.7. The number of aliphatic hydroxyl groups is 1. The molecule has 0 saturated heterocycles. The summed E-state index contributed by atoms with van der Waals surface area (Å²) in [6.07, 6.45) is -0.567. The molecule has 40 heavy (non-hydrogen) atoms. The van der Waals surface area contributed by atoms with E-state index in [-0.39, 0.29) is 35.9 Å². The zero-order chi connectivity index (χ0) is 28.8. The summed E-state index contributed by atoms with van der Waals surface area (Å²) in [5.41, 5.74) is -1.02. The van der Waals surface area contributed by atoms with Gasteiger partial charge in [0.1, 0.15) is 23.5 Å². The first-order valence-electron chi connectivity index (χ1n) is 12.8. The van der Waals surface area contributed by atoms with Crippen LogP contribution in [0.4, 0.5) is 8.78 Å². The average molecular weight is 573 g/mol. The number of ether oxygens (including phenoxy) is 2. The molecular weight excluding hydrogens is 542 g/mol. The molecule has 0 radical (unpaired) electrons. The van der Waals surface area contributed by atoms with Crippen molar-refractivity contribution in [3.8, 4) is 5.75 Å². The van der Waals surface area contributed by atoms with Crippen molar-refractivity contribution in [1.82, 2.24) is 5.32 Å². The Kier molecular flexibility index (Phi) is 9.16. The summed E-state index contributed by atoms with van der Waals surface area (Å²) in [5, 5.41) is 11.6. The zero-order valence-electron chi connectivity index (χ0n) is 21.8. The molecule has 3 aromatic rings. The predicted molar refractivity (Wildman–Crippen MR) is 145 cm³/mol. The van der Waals surface area contributed by atoms with Gasteiger partial charge in [0.15, 0.2) is 15.4 Å². The number of hydrogen-bond acceptors (Lipinski definition) is 7. The third-order valence-corrected chi connectivity index (χ3v) is 8.37. The van der Waals surface area contributed by atoms with Gasteiger partial charge in [-0.2, -0.15) is 0 Å². The third kappa shape index (κ3) is 6.65. The Bertz CT molecular complexity index is 1470. The van der Waals surface area contributed by atoms with E-state index in [0.717, 1.165) is 12.1 Å². The van der Waals surface area contributed by atoms with Gasteiger partial charge in [0.25, 0.3) is 5.91 Å². The van der Waals surface area contributed by atoms with Gasteiger partial charge in [0.2, 0.25) is 5.90 Å². The molecule has 0 unspecified atom stereocenters. The fourth-order valence-electron chi connectivity index (χ4n) is 4.28. The number of amides is 1. The molecule has 0 aromatic heterocycles. The van der Waals surface area contributed by atoms with Gasteiger partial charge in [-0.1, -0.05) is 24.3 Å². The van der Waals surface area contributed by atoms with Gasteiger partial charge in [0.05, 0.1) is 17.3 Å². The van der Waals surface area contributed by atoms with Crippen LogP contribution in [0.3, 0.4) is 0 Å². The highest BCUT2D eigenvalue weighted by Gasteiger charge is 2.50. The number of benzene rings is 3. The molecule has 212 valence electrons. The molecule has 3 aromatic carbocycles. The van der Waals surface area contributed by atoms with Crippen molar-refractivity contribution in [3.63, 3.8) is 0 Å². The summed E-state index contributed by atoms with van der Waals surface area (Å²) in [6.45, 7) is 1.72. The van der Waals surface area contributed by atoms with Crippen molar-refractivity contribution in [2.24, 2.45) is 4.99 Å². The quantitative estimate of drug-likeness (QED) is 0.319. The Labute approximate surface area is 231 Å². The van der Waals surface area contributed by atoms with Crippen molar-refractivity contribution in [2.45, 2.75) is 42.8 Å². The maximum Gasteiger partial charge on any atom is 0.252 e. The molecule has 11 heteroatoms. The van der Waals surface area contributed by atoms with Gasteiger partial charge >= 0.3 is 0 Å². The van der Waals surface area contributed by atoms with Crippen LogP contribution in [0, 0.1) is 11.6 Å². The largest absolute Gasteiger partial charge is 0.494 e. The van der Waals surface area contributed by atoms with Crippen molar-refractivity contribution in [1.29, 1.82) is 0 Å². The molecule has 1 heterocycles. The van der Waals surface area contributed by atoms with E-state index in [4.69, 9.17) is 14.6 Å². The number of sulfone groups is 1. The number of halogens is 2. The smallest absolute Gasteiger partial charge is 0.252 e. The van der Waals surface area contributed by atoms with Crippen molar-refractivity contribution in [3.05, 3.63) is 95.6 Å². The molecule has 0 spiro atoms. The highest BCUT2D eigenvalue weighted by Crippen LogP contribution is 2.34. The van der Waals surface area contributed by atoms with Crippen LogP contribution in [-0.2, 0) is 25.9 Å². The van der Waals surface area contributed by atoms with E-state index in [1.807, 2.05) is 0 Å². The Morgan fingerprint density at radius 1 is 1.10 bits per heavy atom. The molecule has 1 aliphatic rings. The summed E-state index contributed by atoms with van der Waals surface area (Å²) in [4.78, 5) is 18.4. The van der Waals surface area contributed by atoms with Crippen molar-refractivity contribution >= 4 is 21.6 Å². The van der Waals surface area contributed by atoms with Crippen LogP contribution in [0.1, 0.15) is 30.9 Å². The Morgan fingerprint density at radius 3 is 2.50 bits per heavy atom. The van der Waals surface area contributed by atoms with Crippen LogP contribution in [-0.4, -0.2) is 55.9 Å². The number of hydrogen-bond donors (Lipinski definition) is 2. The maximum absolute atomic E-state index is 14.2. The van der Waals surface area contributed by atoms with Crippen LogP contribution >= 0.6 is 0 Å². The second kappa shape index (κ2) is 12.6. The standard InChI is InChI=1S/C29H30F2N2O6S/c1-20-29(14-17-40(36,37)25-6-3-2-4-7-25,28(35)32-19-22-8-11-23(30)18-26(22)31)33-27(39-20)21-9-12-24(13-10-21)38-16-5-15-34/h2-4,6-13,18,20,34H,5,14-17,19H2,1H3,(H,32,35)/t20-,29-/m1/s1. The van der Waals surface area contributed by atoms with Crippen molar-refractivity contribution in [2.75, 3.05) is 19.0 Å². The summed E-state index contributed by atoms with van der Waals surface area (Å²) in [5.74, 6) is -1.88. The number of rotatable bonds is 12. The number of carbonyl (C=O) groups is 1. The first-order chi connectivity index (χ1) is 19.1. The Hall–Kier alpha value is -3.83. The number of nitrogens with zero attached hydrogens (tertiary/aromatic N) is 1. The molecule has 0 fully saturated rings. The monoisotopic (exact) mass is 572 g/mol. The van der Waals surface area contributed by atoms with Crippen LogP contribution in [0.25, 0.3) is 0 Å². The van der Waals surface area contributed by atoms with Crippen LogP contribution in [0.2, 0.25) is 0 Å². The predicted octanol–water partition coefficient (Wildman–Crippen LogP) is 3.81. The average Bonchev–Trinajstić information content (AvgIpc) is 3.29. The SMILES string of the molecule is C[C@H]1OC(c2ccc(OCCCO)cc2)=N[C@@]1(CCS(=O)(=O)c1ccccc1)C(=O)NCc1ccc(F)cc1F. The lowest BCUT2D eigenvalue weighted by molar-refractivity contribution is -0.128. The number of aliphatic imine (C=N–C) groups is 1. The number of carbonyl (C=O) groups excluding carboxylic acids is 1. The minimum absolute atomic E-state index is 0.0125. The van der Waals surface area contributed by atoms with Crippen LogP contribution < -0.4 is 10.1 Å². The molecule has 0 aliphatic carbocycles. The van der Waals surface area contributed by atoms with Gasteiger partial charge in [-0.25, -0.2) is 22.2 Å². The van der Waals surface area contributed by atoms with E-state index < -0.39 is 44.8 Å². The van der Waals surface area contributed by atoms with E-state index in [1.54, 1.807) is 49.4 Å². The minimum atomic E-state index is -3.76. The van der Waals surface area contributed by atoms with E-state index in [1.165, 1.54) is 18.2 Å². The molecule has 4 rings (SSSR count). The molecule has 1 amide bonds. The van der Waals surface area contributed by atoms with Gasteiger partial charge in [-0.15, -0.1) is 0 Å². The summed E-state index contributed by atoms with van der Waals surface area (Å²) >= 11 is 0. The summed E-state index contributed by atoms with van der Waals surface area (Å²) in [7, 11) is -3.76. The summed E-state index contributed by atoms with van der Waals surface area (Å²) < 4.78 is 65.2. The van der Waals surface area contributed by atoms with E-state index in [0.29, 0.717) is 24.3 Å². The molecule has 2 N–H and O–H groups in total. The molecule has 1 aliphatic heterocycles. The van der Waals surface area contributed by atoms with Gasteiger partial charge in [0, 0.05) is 36.8 Å². The minimum Gasteiger partial charge on any atom is -0.494 e. The molecule has 2 atom stereocenters. The van der Waals surface area contributed by atoms with E-state index >= 15 is 0 Å². The lowest BCUT2D eigenvalue weighted by atomic mass is 9.90. The van der Waals surface area contributed by atoms with Crippen LogP contribution in [0.5, 0.6) is 5.75 Å². The first kappa shape index (κ1) is 29.2. The normalized spacial score (nSPS) is 18.6. The Morgan fingerprint density at radius 2 is 1.82 bits per heavy atom.